The van der Waals surface area contributed by atoms with Crippen LogP contribution >= 0.6 is 11.3 Å². The highest BCUT2D eigenvalue weighted by atomic mass is 32.2. The number of rotatable bonds is 5. The number of aromatic nitrogens is 2. The zero-order valence-electron chi connectivity index (χ0n) is 16.9. The number of anilines is 1. The lowest BCUT2D eigenvalue weighted by molar-refractivity contribution is 0.383. The Balaban J connectivity index is 1.79. The van der Waals surface area contributed by atoms with Crippen LogP contribution in [0.25, 0.3) is 21.3 Å². The molecule has 0 aliphatic carbocycles. The van der Waals surface area contributed by atoms with Gasteiger partial charge in [0.25, 0.3) is 0 Å². The number of sulfonamides is 1. The normalized spacial score (nSPS) is 16.1. The van der Waals surface area contributed by atoms with Crippen molar-refractivity contribution in [1.29, 1.82) is 0 Å². The Bertz CT molecular complexity index is 1100. The van der Waals surface area contributed by atoms with Gasteiger partial charge in [0.15, 0.2) is 0 Å². The predicted octanol–water partition coefficient (Wildman–Crippen LogP) is 2.50. The monoisotopic (exact) mass is 431 g/mol. The van der Waals surface area contributed by atoms with Crippen LogP contribution in [-0.4, -0.2) is 74.1 Å². The first-order valence-electron chi connectivity index (χ1n) is 9.51. The van der Waals surface area contributed by atoms with Crippen molar-refractivity contribution in [3.8, 4) is 11.1 Å². The number of nitrogens with zero attached hydrogens (tertiary/aromatic N) is 5. The minimum Gasteiger partial charge on any atom is -0.353 e. The van der Waals surface area contributed by atoms with Crippen LogP contribution in [0.3, 0.4) is 0 Å². The van der Waals surface area contributed by atoms with Crippen molar-refractivity contribution >= 4 is 37.4 Å². The van der Waals surface area contributed by atoms with Gasteiger partial charge in [-0.2, -0.15) is 4.31 Å². The van der Waals surface area contributed by atoms with E-state index in [0.717, 1.165) is 33.0 Å². The van der Waals surface area contributed by atoms with Gasteiger partial charge in [-0.15, -0.1) is 11.3 Å². The molecule has 7 nitrogen and oxygen atoms in total. The third-order valence-electron chi connectivity index (χ3n) is 5.01. The van der Waals surface area contributed by atoms with E-state index in [2.05, 4.69) is 27.3 Å². The third-order valence-corrected chi connectivity index (χ3v) is 7.19. The van der Waals surface area contributed by atoms with Crippen LogP contribution in [0, 0.1) is 0 Å². The highest BCUT2D eigenvalue weighted by Gasteiger charge is 2.27. The molecule has 29 heavy (non-hydrogen) atoms. The maximum absolute atomic E-state index is 11.9. The Morgan fingerprint density at radius 2 is 1.76 bits per heavy atom. The molecule has 1 aliphatic heterocycles. The SMILES string of the molecule is CN(C)Cc1nc(N2CCN(S(C)(=O)=O)CC2)c2c(-c3ccccc3)csc2n1. The Kier molecular flexibility index (Phi) is 5.56. The van der Waals surface area contributed by atoms with E-state index in [9.17, 15) is 8.42 Å². The molecule has 1 aromatic carbocycles. The van der Waals surface area contributed by atoms with Crippen LogP contribution < -0.4 is 4.90 Å². The lowest BCUT2D eigenvalue weighted by atomic mass is 10.1. The summed E-state index contributed by atoms with van der Waals surface area (Å²) < 4.78 is 25.3. The van der Waals surface area contributed by atoms with Gasteiger partial charge >= 0.3 is 0 Å². The van der Waals surface area contributed by atoms with Crippen LogP contribution in [0.4, 0.5) is 5.82 Å². The standard InChI is InChI=1S/C20H25N5O2S2/c1-23(2)13-17-21-19(24-9-11-25(12-10-24)29(3,26)27)18-16(14-28-20(18)22-17)15-7-5-4-6-8-15/h4-8,14H,9-13H2,1-3H3. The zero-order chi connectivity index (χ0) is 20.6. The van der Waals surface area contributed by atoms with Gasteiger partial charge in [0.05, 0.1) is 18.2 Å². The average Bonchev–Trinajstić information content (AvgIpc) is 3.11. The molecule has 1 fully saturated rings. The molecular weight excluding hydrogens is 406 g/mol. The fraction of sp³-hybridized carbons (Fsp3) is 0.400. The molecule has 0 bridgehead atoms. The Labute approximate surface area is 175 Å². The first-order valence-corrected chi connectivity index (χ1v) is 12.2. The fourth-order valence-corrected chi connectivity index (χ4v) is 5.40. The third kappa shape index (κ3) is 4.28. The molecule has 0 N–H and O–H groups in total. The maximum Gasteiger partial charge on any atom is 0.211 e. The summed E-state index contributed by atoms with van der Waals surface area (Å²) in [5.41, 5.74) is 2.27. The summed E-state index contributed by atoms with van der Waals surface area (Å²) in [6.07, 6.45) is 1.27. The van der Waals surface area contributed by atoms with Crippen molar-refractivity contribution in [2.45, 2.75) is 6.54 Å². The first kappa shape index (κ1) is 20.2. The molecule has 154 valence electrons. The van der Waals surface area contributed by atoms with Gasteiger partial charge in [-0.05, 0) is 19.7 Å². The highest BCUT2D eigenvalue weighted by Crippen LogP contribution is 2.38. The van der Waals surface area contributed by atoms with Gasteiger partial charge in [-0.3, -0.25) is 0 Å². The van der Waals surface area contributed by atoms with Crippen LogP contribution in [0.2, 0.25) is 0 Å². The minimum atomic E-state index is -3.17. The summed E-state index contributed by atoms with van der Waals surface area (Å²) >= 11 is 1.63. The molecule has 0 amide bonds. The van der Waals surface area contributed by atoms with E-state index in [4.69, 9.17) is 9.97 Å². The molecule has 0 spiro atoms. The van der Waals surface area contributed by atoms with E-state index < -0.39 is 10.0 Å². The van der Waals surface area contributed by atoms with Crippen molar-refractivity contribution in [2.75, 3.05) is 51.4 Å². The van der Waals surface area contributed by atoms with Crippen molar-refractivity contribution in [3.63, 3.8) is 0 Å². The summed E-state index contributed by atoms with van der Waals surface area (Å²) in [5.74, 6) is 1.68. The number of fused-ring (bicyclic) bond motifs is 1. The van der Waals surface area contributed by atoms with E-state index in [1.54, 1.807) is 11.3 Å². The lowest BCUT2D eigenvalue weighted by Gasteiger charge is -2.34. The number of thiophene rings is 1. The van der Waals surface area contributed by atoms with Crippen molar-refractivity contribution < 1.29 is 8.42 Å². The quantitative estimate of drug-likeness (QED) is 0.618. The summed E-state index contributed by atoms with van der Waals surface area (Å²) in [6.45, 7) is 2.83. The summed E-state index contributed by atoms with van der Waals surface area (Å²) in [6, 6.07) is 10.3. The largest absolute Gasteiger partial charge is 0.353 e. The smallest absolute Gasteiger partial charge is 0.211 e. The van der Waals surface area contributed by atoms with Crippen molar-refractivity contribution in [1.82, 2.24) is 19.2 Å². The maximum atomic E-state index is 11.9. The van der Waals surface area contributed by atoms with Crippen LogP contribution in [-0.2, 0) is 16.6 Å². The summed E-state index contributed by atoms with van der Waals surface area (Å²) in [7, 11) is 0.835. The molecule has 0 radical (unpaired) electrons. The van der Waals surface area contributed by atoms with Crippen molar-refractivity contribution in [2.24, 2.45) is 0 Å². The average molecular weight is 432 g/mol. The molecule has 0 saturated carbocycles. The number of hydrogen-bond acceptors (Lipinski definition) is 7. The van der Waals surface area contributed by atoms with Crippen molar-refractivity contribution in [3.05, 3.63) is 41.5 Å². The summed E-state index contributed by atoms with van der Waals surface area (Å²) in [5, 5.41) is 3.20. The van der Waals surface area contributed by atoms with Crippen LogP contribution in [0.15, 0.2) is 35.7 Å². The molecule has 0 atom stereocenters. The molecule has 1 saturated heterocycles. The first-order chi connectivity index (χ1) is 13.8. The lowest BCUT2D eigenvalue weighted by Crippen LogP contribution is -2.48. The van der Waals surface area contributed by atoms with Gasteiger partial charge in [0.2, 0.25) is 10.0 Å². The number of benzene rings is 1. The molecule has 4 rings (SSSR count). The predicted molar refractivity (Wildman–Crippen MR) is 119 cm³/mol. The molecule has 2 aromatic heterocycles. The second kappa shape index (κ2) is 7.98. The van der Waals surface area contributed by atoms with Gasteiger partial charge in [-0.25, -0.2) is 18.4 Å². The number of piperazine rings is 1. The topological polar surface area (TPSA) is 69.6 Å². The van der Waals surface area contributed by atoms with Crippen LogP contribution in [0.1, 0.15) is 5.82 Å². The fourth-order valence-electron chi connectivity index (χ4n) is 3.61. The van der Waals surface area contributed by atoms with E-state index in [1.165, 1.54) is 10.6 Å². The van der Waals surface area contributed by atoms with E-state index in [0.29, 0.717) is 32.7 Å². The second-order valence-corrected chi connectivity index (χ2v) is 10.4. The molecule has 3 aromatic rings. The van der Waals surface area contributed by atoms with E-state index in [1.807, 2.05) is 32.3 Å². The Morgan fingerprint density at radius 3 is 2.38 bits per heavy atom. The van der Waals surface area contributed by atoms with E-state index >= 15 is 0 Å². The number of hydrogen-bond donors (Lipinski definition) is 0. The van der Waals surface area contributed by atoms with Crippen LogP contribution in [0.5, 0.6) is 0 Å². The van der Waals surface area contributed by atoms with E-state index in [-0.39, 0.29) is 0 Å². The molecule has 3 heterocycles. The van der Waals surface area contributed by atoms with Gasteiger partial charge in [0, 0.05) is 37.1 Å². The molecule has 9 heteroatoms. The minimum absolute atomic E-state index is 0.470. The highest BCUT2D eigenvalue weighted by molar-refractivity contribution is 7.88. The zero-order valence-corrected chi connectivity index (χ0v) is 18.5. The Hall–Kier alpha value is -2.07. The molecular formula is C20H25N5O2S2. The molecule has 0 unspecified atom stereocenters. The Morgan fingerprint density at radius 1 is 1.07 bits per heavy atom. The van der Waals surface area contributed by atoms with Gasteiger partial charge in [-0.1, -0.05) is 30.3 Å². The second-order valence-electron chi connectivity index (χ2n) is 7.55. The van der Waals surface area contributed by atoms with Gasteiger partial charge in [0.1, 0.15) is 16.5 Å². The summed E-state index contributed by atoms with van der Waals surface area (Å²) in [4.78, 5) is 14.9. The van der Waals surface area contributed by atoms with Gasteiger partial charge < -0.3 is 9.80 Å². The molecule has 1 aliphatic rings.